The largest absolute Gasteiger partial charge is 0.376 e. The van der Waals surface area contributed by atoms with Crippen molar-refractivity contribution in [3.8, 4) is 0 Å². The van der Waals surface area contributed by atoms with Gasteiger partial charge in [0.1, 0.15) is 6.54 Å². The lowest BCUT2D eigenvalue weighted by atomic mass is 9.97. The summed E-state index contributed by atoms with van der Waals surface area (Å²) in [6.07, 6.45) is 4.52. The zero-order valence-electron chi connectivity index (χ0n) is 18.6. The van der Waals surface area contributed by atoms with Crippen LogP contribution in [-0.4, -0.2) is 80.2 Å². The number of hydrogen-bond acceptors (Lipinski definition) is 4. The molecule has 166 valence electrons. The summed E-state index contributed by atoms with van der Waals surface area (Å²) in [5, 5.41) is 6.97. The molecule has 0 aromatic heterocycles. The summed E-state index contributed by atoms with van der Waals surface area (Å²) in [4.78, 5) is 20.7. The van der Waals surface area contributed by atoms with Gasteiger partial charge in [-0.05, 0) is 38.2 Å². The van der Waals surface area contributed by atoms with Gasteiger partial charge in [-0.2, -0.15) is 0 Å². The molecule has 1 aromatic rings. The standard InChI is InChI=1S/C23H37N5O2/c1-18-14-20(11-12-28(18)17-19-8-5-4-6-9-19)26-23(25-16-22(29)27(2)3)24-15-21-10-7-13-30-21/h4-6,8-9,18,20-21H,7,10-17H2,1-3H3,(H2,24,25,26). The quantitative estimate of drug-likeness (QED) is 0.525. The summed E-state index contributed by atoms with van der Waals surface area (Å²) in [5.41, 5.74) is 1.36. The van der Waals surface area contributed by atoms with Crippen molar-refractivity contribution in [1.82, 2.24) is 20.4 Å². The van der Waals surface area contributed by atoms with E-state index in [9.17, 15) is 4.79 Å². The minimum Gasteiger partial charge on any atom is -0.376 e. The minimum atomic E-state index is -0.000681. The van der Waals surface area contributed by atoms with Gasteiger partial charge >= 0.3 is 0 Å². The number of aliphatic imine (C=N–C) groups is 1. The van der Waals surface area contributed by atoms with Gasteiger partial charge in [0.25, 0.3) is 0 Å². The van der Waals surface area contributed by atoms with E-state index >= 15 is 0 Å². The molecule has 0 radical (unpaired) electrons. The second kappa shape index (κ2) is 11.3. The van der Waals surface area contributed by atoms with Crippen LogP contribution in [0.25, 0.3) is 0 Å². The van der Waals surface area contributed by atoms with Crippen molar-refractivity contribution in [2.24, 2.45) is 4.99 Å². The molecule has 2 aliphatic rings. The van der Waals surface area contributed by atoms with E-state index < -0.39 is 0 Å². The number of nitrogens with zero attached hydrogens (tertiary/aromatic N) is 3. The van der Waals surface area contributed by atoms with Gasteiger partial charge < -0.3 is 20.3 Å². The second-order valence-corrected chi connectivity index (χ2v) is 8.64. The number of nitrogens with one attached hydrogen (secondary N) is 2. The Morgan fingerprint density at radius 1 is 1.27 bits per heavy atom. The van der Waals surface area contributed by atoms with Gasteiger partial charge in [0.2, 0.25) is 5.91 Å². The lowest BCUT2D eigenvalue weighted by Crippen LogP contribution is -2.52. The van der Waals surface area contributed by atoms with Crippen LogP contribution in [0.3, 0.4) is 0 Å². The van der Waals surface area contributed by atoms with E-state index in [1.165, 1.54) is 5.56 Å². The lowest BCUT2D eigenvalue weighted by Gasteiger charge is -2.38. The van der Waals surface area contributed by atoms with Crippen molar-refractivity contribution in [3.63, 3.8) is 0 Å². The van der Waals surface area contributed by atoms with Gasteiger partial charge in [-0.1, -0.05) is 30.3 Å². The molecule has 1 amide bonds. The van der Waals surface area contributed by atoms with Crippen molar-refractivity contribution >= 4 is 11.9 Å². The van der Waals surface area contributed by atoms with Gasteiger partial charge in [-0.25, -0.2) is 4.99 Å². The molecule has 0 spiro atoms. The van der Waals surface area contributed by atoms with Gasteiger partial charge in [-0.15, -0.1) is 0 Å². The van der Waals surface area contributed by atoms with Gasteiger partial charge in [0.05, 0.1) is 6.10 Å². The average Bonchev–Trinajstić information content (AvgIpc) is 3.26. The molecule has 1 aromatic carbocycles. The highest BCUT2D eigenvalue weighted by Crippen LogP contribution is 2.20. The van der Waals surface area contributed by atoms with E-state index in [0.717, 1.165) is 57.9 Å². The van der Waals surface area contributed by atoms with Gasteiger partial charge in [-0.3, -0.25) is 9.69 Å². The molecule has 0 saturated carbocycles. The Balaban J connectivity index is 1.53. The Kier molecular flexibility index (Phi) is 8.51. The molecule has 3 atom stereocenters. The topological polar surface area (TPSA) is 69.2 Å². The fourth-order valence-corrected chi connectivity index (χ4v) is 4.05. The third kappa shape index (κ3) is 6.99. The van der Waals surface area contributed by atoms with E-state index in [1.807, 2.05) is 0 Å². The summed E-state index contributed by atoms with van der Waals surface area (Å²) in [7, 11) is 3.52. The number of guanidine groups is 1. The molecule has 2 fully saturated rings. The Morgan fingerprint density at radius 3 is 2.73 bits per heavy atom. The number of likely N-dealkylation sites (N-methyl/N-ethyl adjacent to an activating group) is 1. The molecule has 7 nitrogen and oxygen atoms in total. The molecule has 0 aliphatic carbocycles. The number of likely N-dealkylation sites (tertiary alicyclic amines) is 1. The lowest BCUT2D eigenvalue weighted by molar-refractivity contribution is -0.127. The SMILES string of the molecule is CC1CC(NC(=NCC(=O)N(C)C)NCC2CCCO2)CCN1Cc1ccccc1. The van der Waals surface area contributed by atoms with Crippen molar-refractivity contribution < 1.29 is 9.53 Å². The average molecular weight is 416 g/mol. The first-order valence-corrected chi connectivity index (χ1v) is 11.2. The minimum absolute atomic E-state index is 0.000681. The monoisotopic (exact) mass is 415 g/mol. The van der Waals surface area contributed by atoms with Crippen molar-refractivity contribution in [2.45, 2.75) is 57.3 Å². The van der Waals surface area contributed by atoms with Gasteiger partial charge in [0, 0.05) is 52.4 Å². The molecule has 7 heteroatoms. The Hall–Kier alpha value is -2.12. The highest BCUT2D eigenvalue weighted by atomic mass is 16.5. The normalized spacial score (nSPS) is 25.2. The molecule has 3 rings (SSSR count). The zero-order valence-corrected chi connectivity index (χ0v) is 18.6. The van der Waals surface area contributed by atoms with Crippen LogP contribution in [0.15, 0.2) is 35.3 Å². The molecule has 2 aliphatic heterocycles. The molecule has 0 bridgehead atoms. The van der Waals surface area contributed by atoms with Crippen LogP contribution < -0.4 is 10.6 Å². The number of ether oxygens (including phenoxy) is 1. The molecular formula is C23H37N5O2. The first-order chi connectivity index (χ1) is 14.5. The highest BCUT2D eigenvalue weighted by molar-refractivity contribution is 5.85. The van der Waals surface area contributed by atoms with Crippen molar-refractivity contribution in [2.75, 3.05) is 40.3 Å². The Bertz CT molecular complexity index is 688. The van der Waals surface area contributed by atoms with Crippen LogP contribution in [0, 0.1) is 0 Å². The number of carbonyl (C=O) groups is 1. The van der Waals surface area contributed by atoms with Crippen LogP contribution >= 0.6 is 0 Å². The fraction of sp³-hybridized carbons (Fsp3) is 0.652. The second-order valence-electron chi connectivity index (χ2n) is 8.64. The third-order valence-electron chi connectivity index (χ3n) is 5.98. The maximum Gasteiger partial charge on any atom is 0.243 e. The van der Waals surface area contributed by atoms with E-state index in [4.69, 9.17) is 4.74 Å². The molecular weight excluding hydrogens is 378 g/mol. The van der Waals surface area contributed by atoms with E-state index in [1.54, 1.807) is 19.0 Å². The predicted octanol–water partition coefficient (Wildman–Crippen LogP) is 1.84. The maximum atomic E-state index is 12.0. The van der Waals surface area contributed by atoms with E-state index in [-0.39, 0.29) is 18.6 Å². The summed E-state index contributed by atoms with van der Waals surface area (Å²) < 4.78 is 5.72. The zero-order chi connectivity index (χ0) is 21.3. The van der Waals surface area contributed by atoms with E-state index in [2.05, 4.69) is 57.8 Å². The predicted molar refractivity (Wildman–Crippen MR) is 120 cm³/mol. The van der Waals surface area contributed by atoms with Gasteiger partial charge in [0.15, 0.2) is 5.96 Å². The number of carbonyl (C=O) groups excluding carboxylic acids is 1. The molecule has 2 N–H and O–H groups in total. The Labute approximate surface area is 180 Å². The number of benzene rings is 1. The number of piperidine rings is 1. The van der Waals surface area contributed by atoms with Crippen molar-refractivity contribution in [3.05, 3.63) is 35.9 Å². The van der Waals surface area contributed by atoms with Crippen LogP contribution in [0.1, 0.15) is 38.2 Å². The first-order valence-electron chi connectivity index (χ1n) is 11.2. The molecule has 3 unspecified atom stereocenters. The van der Waals surface area contributed by atoms with Crippen LogP contribution in [-0.2, 0) is 16.1 Å². The molecule has 2 heterocycles. The summed E-state index contributed by atoms with van der Waals surface area (Å²) in [5.74, 6) is 0.716. The first kappa shape index (κ1) is 22.6. The number of hydrogen-bond donors (Lipinski definition) is 2. The maximum absolute atomic E-state index is 12.0. The molecule has 2 saturated heterocycles. The fourth-order valence-electron chi connectivity index (χ4n) is 4.05. The molecule has 30 heavy (non-hydrogen) atoms. The summed E-state index contributed by atoms with van der Waals surface area (Å²) in [6.45, 7) is 6.04. The van der Waals surface area contributed by atoms with Crippen molar-refractivity contribution in [1.29, 1.82) is 0 Å². The highest BCUT2D eigenvalue weighted by Gasteiger charge is 2.26. The summed E-state index contributed by atoms with van der Waals surface area (Å²) >= 11 is 0. The third-order valence-corrected chi connectivity index (χ3v) is 5.98. The number of amides is 1. The van der Waals surface area contributed by atoms with E-state index in [0.29, 0.717) is 12.1 Å². The van der Waals surface area contributed by atoms with Crippen LogP contribution in [0.4, 0.5) is 0 Å². The summed E-state index contributed by atoms with van der Waals surface area (Å²) in [6, 6.07) is 11.5. The smallest absolute Gasteiger partial charge is 0.243 e. The van der Waals surface area contributed by atoms with Crippen LogP contribution in [0.2, 0.25) is 0 Å². The number of rotatable bonds is 7. The van der Waals surface area contributed by atoms with Crippen LogP contribution in [0.5, 0.6) is 0 Å². The Morgan fingerprint density at radius 2 is 2.07 bits per heavy atom.